The van der Waals surface area contributed by atoms with E-state index >= 15 is 0 Å². The number of rotatable bonds is 6. The van der Waals surface area contributed by atoms with Gasteiger partial charge in [-0.3, -0.25) is 9.78 Å². The number of para-hydroxylation sites is 2. The monoisotopic (exact) mass is 294 g/mol. The average molecular weight is 294 g/mol. The van der Waals surface area contributed by atoms with Crippen molar-refractivity contribution in [2.75, 3.05) is 6.54 Å². The fourth-order valence-electron chi connectivity index (χ4n) is 2.39. The molecule has 22 heavy (non-hydrogen) atoms. The molecular weight excluding hydrogens is 276 g/mol. The molecule has 0 fully saturated rings. The molecule has 5 nitrogen and oxygen atoms in total. The van der Waals surface area contributed by atoms with Gasteiger partial charge in [0.2, 0.25) is 5.91 Å². The Labute approximate surface area is 129 Å². The quantitative estimate of drug-likeness (QED) is 0.758. The maximum absolute atomic E-state index is 11.9. The Kier molecular flexibility index (Phi) is 4.44. The average Bonchev–Trinajstić information content (AvgIpc) is 2.97. The van der Waals surface area contributed by atoms with Crippen LogP contribution in [0, 0.1) is 0 Å². The summed E-state index contributed by atoms with van der Waals surface area (Å²) >= 11 is 0. The number of carbonyl (C=O) groups is 1. The van der Waals surface area contributed by atoms with Crippen molar-refractivity contribution in [3.8, 4) is 0 Å². The smallest absolute Gasteiger partial charge is 0.221 e. The van der Waals surface area contributed by atoms with Gasteiger partial charge >= 0.3 is 0 Å². The van der Waals surface area contributed by atoms with Crippen molar-refractivity contribution in [2.45, 2.75) is 19.4 Å². The van der Waals surface area contributed by atoms with Crippen LogP contribution in [0.15, 0.2) is 55.1 Å². The van der Waals surface area contributed by atoms with Gasteiger partial charge in [0.05, 0.1) is 17.4 Å². The molecule has 5 heteroatoms. The molecule has 0 unspecified atom stereocenters. The highest BCUT2D eigenvalue weighted by molar-refractivity contribution is 5.77. The predicted octanol–water partition coefficient (Wildman–Crippen LogP) is 2.18. The minimum Gasteiger partial charge on any atom is -0.356 e. The number of amides is 1. The van der Waals surface area contributed by atoms with E-state index in [0.29, 0.717) is 19.5 Å². The van der Waals surface area contributed by atoms with Crippen molar-refractivity contribution in [2.24, 2.45) is 0 Å². The maximum atomic E-state index is 11.9. The second kappa shape index (κ2) is 6.85. The van der Waals surface area contributed by atoms with Gasteiger partial charge in [-0.2, -0.15) is 0 Å². The molecule has 3 rings (SSSR count). The van der Waals surface area contributed by atoms with Crippen LogP contribution < -0.4 is 5.32 Å². The number of aromatic nitrogens is 3. The Morgan fingerprint density at radius 1 is 1.18 bits per heavy atom. The zero-order chi connectivity index (χ0) is 15.2. The van der Waals surface area contributed by atoms with Gasteiger partial charge in [-0.1, -0.05) is 18.2 Å². The van der Waals surface area contributed by atoms with Gasteiger partial charge in [-0.05, 0) is 30.2 Å². The third-order valence-electron chi connectivity index (χ3n) is 3.57. The summed E-state index contributed by atoms with van der Waals surface area (Å²) in [6, 6.07) is 11.8. The van der Waals surface area contributed by atoms with Crippen molar-refractivity contribution in [3.05, 3.63) is 60.7 Å². The lowest BCUT2D eigenvalue weighted by Crippen LogP contribution is -2.26. The molecule has 1 N–H and O–H groups in total. The minimum atomic E-state index is 0.0571. The molecule has 0 atom stereocenters. The summed E-state index contributed by atoms with van der Waals surface area (Å²) in [5, 5.41) is 2.94. The van der Waals surface area contributed by atoms with E-state index in [0.717, 1.165) is 23.0 Å². The molecule has 112 valence electrons. The zero-order valence-electron chi connectivity index (χ0n) is 12.3. The van der Waals surface area contributed by atoms with Crippen molar-refractivity contribution < 1.29 is 4.79 Å². The first-order valence-corrected chi connectivity index (χ1v) is 7.38. The Morgan fingerprint density at radius 3 is 2.95 bits per heavy atom. The fourth-order valence-corrected chi connectivity index (χ4v) is 2.39. The highest BCUT2D eigenvalue weighted by Crippen LogP contribution is 2.11. The number of nitrogens with zero attached hydrogens (tertiary/aromatic N) is 3. The first-order chi connectivity index (χ1) is 10.8. The van der Waals surface area contributed by atoms with Crippen molar-refractivity contribution in [3.63, 3.8) is 0 Å². The summed E-state index contributed by atoms with van der Waals surface area (Å²) in [7, 11) is 0. The van der Waals surface area contributed by atoms with Gasteiger partial charge < -0.3 is 9.88 Å². The van der Waals surface area contributed by atoms with Crippen LogP contribution in [0.1, 0.15) is 12.0 Å². The summed E-state index contributed by atoms with van der Waals surface area (Å²) < 4.78 is 2.01. The molecule has 0 aliphatic carbocycles. The van der Waals surface area contributed by atoms with Crippen LogP contribution in [-0.4, -0.2) is 27.0 Å². The molecule has 0 bridgehead atoms. The van der Waals surface area contributed by atoms with Crippen LogP contribution in [0.25, 0.3) is 11.0 Å². The molecule has 0 spiro atoms. The van der Waals surface area contributed by atoms with Crippen LogP contribution in [-0.2, 0) is 17.8 Å². The predicted molar refractivity (Wildman–Crippen MR) is 85.3 cm³/mol. The second-order valence-corrected chi connectivity index (χ2v) is 5.14. The topological polar surface area (TPSA) is 59.8 Å². The molecule has 1 aromatic carbocycles. The lowest BCUT2D eigenvalue weighted by molar-refractivity contribution is -0.121. The van der Waals surface area contributed by atoms with Crippen LogP contribution in [0.5, 0.6) is 0 Å². The summed E-state index contributed by atoms with van der Waals surface area (Å²) in [6.45, 7) is 1.27. The molecular formula is C17H18N4O. The molecule has 0 saturated carbocycles. The van der Waals surface area contributed by atoms with E-state index in [-0.39, 0.29) is 5.91 Å². The molecule has 2 heterocycles. The maximum Gasteiger partial charge on any atom is 0.221 e. The van der Waals surface area contributed by atoms with Gasteiger partial charge in [0.15, 0.2) is 0 Å². The van der Waals surface area contributed by atoms with Crippen molar-refractivity contribution in [1.29, 1.82) is 0 Å². The van der Waals surface area contributed by atoms with E-state index in [9.17, 15) is 4.79 Å². The number of aryl methyl sites for hydroxylation is 1. The van der Waals surface area contributed by atoms with E-state index in [1.807, 2.05) is 47.2 Å². The summed E-state index contributed by atoms with van der Waals surface area (Å²) in [5.74, 6) is 0.0571. The number of hydrogen-bond donors (Lipinski definition) is 1. The molecule has 2 aromatic heterocycles. The van der Waals surface area contributed by atoms with Gasteiger partial charge in [0.1, 0.15) is 0 Å². The highest BCUT2D eigenvalue weighted by atomic mass is 16.1. The lowest BCUT2D eigenvalue weighted by atomic mass is 10.2. The van der Waals surface area contributed by atoms with Gasteiger partial charge in [0, 0.05) is 31.9 Å². The van der Waals surface area contributed by atoms with Crippen molar-refractivity contribution >= 4 is 16.9 Å². The zero-order valence-corrected chi connectivity index (χ0v) is 12.3. The number of nitrogens with one attached hydrogen (secondary N) is 1. The second-order valence-electron chi connectivity index (χ2n) is 5.14. The Bertz CT molecular complexity index is 751. The van der Waals surface area contributed by atoms with Gasteiger partial charge in [-0.25, -0.2) is 4.98 Å². The summed E-state index contributed by atoms with van der Waals surface area (Å²) in [6.07, 6.45) is 6.61. The molecule has 1 amide bonds. The van der Waals surface area contributed by atoms with Crippen LogP contribution in [0.3, 0.4) is 0 Å². The Hall–Kier alpha value is -2.69. The third kappa shape index (κ3) is 3.49. The Morgan fingerprint density at radius 2 is 2.09 bits per heavy atom. The molecule has 0 saturated heterocycles. The number of hydrogen-bond acceptors (Lipinski definition) is 3. The van der Waals surface area contributed by atoms with E-state index in [2.05, 4.69) is 15.3 Å². The number of carbonyl (C=O) groups excluding carboxylic acids is 1. The van der Waals surface area contributed by atoms with Crippen LogP contribution >= 0.6 is 0 Å². The molecule has 0 aliphatic rings. The van der Waals surface area contributed by atoms with Crippen LogP contribution in [0.4, 0.5) is 0 Å². The van der Waals surface area contributed by atoms with E-state index < -0.39 is 0 Å². The van der Waals surface area contributed by atoms with Gasteiger partial charge in [0.25, 0.3) is 0 Å². The summed E-state index contributed by atoms with van der Waals surface area (Å²) in [4.78, 5) is 20.3. The standard InChI is InChI=1S/C17H18N4O/c22-17(19-10-7-14-4-3-9-18-12-14)8-11-21-13-20-15-5-1-2-6-16(15)21/h1-6,9,12-13H,7-8,10-11H2,(H,19,22). The third-order valence-corrected chi connectivity index (χ3v) is 3.57. The molecule has 3 aromatic rings. The van der Waals surface area contributed by atoms with E-state index in [1.165, 1.54) is 0 Å². The largest absolute Gasteiger partial charge is 0.356 e. The number of fused-ring (bicyclic) bond motifs is 1. The van der Waals surface area contributed by atoms with Gasteiger partial charge in [-0.15, -0.1) is 0 Å². The molecule has 0 radical (unpaired) electrons. The lowest BCUT2D eigenvalue weighted by Gasteiger charge is -2.06. The fraction of sp³-hybridized carbons (Fsp3) is 0.235. The van der Waals surface area contributed by atoms with Crippen LogP contribution in [0.2, 0.25) is 0 Å². The normalized spacial score (nSPS) is 10.7. The number of pyridine rings is 1. The Balaban J connectivity index is 1.46. The first kappa shape index (κ1) is 14.3. The summed E-state index contributed by atoms with van der Waals surface area (Å²) in [5.41, 5.74) is 3.15. The number of imidazole rings is 1. The first-order valence-electron chi connectivity index (χ1n) is 7.38. The van der Waals surface area contributed by atoms with E-state index in [4.69, 9.17) is 0 Å². The highest BCUT2D eigenvalue weighted by Gasteiger charge is 2.05. The van der Waals surface area contributed by atoms with E-state index in [1.54, 1.807) is 12.5 Å². The minimum absolute atomic E-state index is 0.0571. The van der Waals surface area contributed by atoms with Crippen molar-refractivity contribution in [1.82, 2.24) is 19.9 Å². The molecule has 0 aliphatic heterocycles. The number of benzene rings is 1. The SMILES string of the molecule is O=C(CCn1cnc2ccccc21)NCCc1cccnc1.